The number of aryl methyl sites for hydroxylation is 2. The van der Waals surface area contributed by atoms with Gasteiger partial charge in [-0.2, -0.15) is 0 Å². The van der Waals surface area contributed by atoms with Gasteiger partial charge in [0.05, 0.1) is 0 Å². The second kappa shape index (κ2) is 6.39. The van der Waals surface area contributed by atoms with Crippen molar-refractivity contribution in [1.82, 2.24) is 25.4 Å². The normalized spacial score (nSPS) is 12.1. The van der Waals surface area contributed by atoms with Gasteiger partial charge in [0, 0.05) is 12.5 Å². The molecule has 0 aliphatic carbocycles. The van der Waals surface area contributed by atoms with Gasteiger partial charge in [-0.3, -0.25) is 4.79 Å². The lowest BCUT2D eigenvalue weighted by atomic mass is 10.1. The first-order valence-electron chi connectivity index (χ1n) is 7.16. The summed E-state index contributed by atoms with van der Waals surface area (Å²) in [6.07, 6.45) is 0.468. The van der Waals surface area contributed by atoms with E-state index < -0.39 is 6.04 Å². The Balaban J connectivity index is 1.85. The number of carbonyl (C=O) groups is 1. The van der Waals surface area contributed by atoms with Gasteiger partial charge < -0.3 is 9.84 Å². The summed E-state index contributed by atoms with van der Waals surface area (Å²) in [6, 6.07) is 10.8. The maximum Gasteiger partial charge on any atom is 0.250 e. The number of hydrogen-bond acceptors (Lipinski definition) is 6. The molecule has 1 aromatic carbocycles. The van der Waals surface area contributed by atoms with Crippen LogP contribution in [0.15, 0.2) is 40.9 Å². The number of anilines is 1. The predicted molar refractivity (Wildman–Crippen MR) is 81.6 cm³/mol. The molecule has 1 atom stereocenters. The summed E-state index contributed by atoms with van der Waals surface area (Å²) in [5.74, 6) is 1.31. The third kappa shape index (κ3) is 3.42. The van der Waals surface area contributed by atoms with Crippen LogP contribution in [0.25, 0.3) is 0 Å². The van der Waals surface area contributed by atoms with Gasteiger partial charge in [-0.1, -0.05) is 35.5 Å². The van der Waals surface area contributed by atoms with E-state index >= 15 is 0 Å². The molecule has 3 rings (SSSR count). The molecule has 0 unspecified atom stereocenters. The Labute approximate surface area is 132 Å². The lowest BCUT2D eigenvalue weighted by Crippen LogP contribution is -2.29. The third-order valence-corrected chi connectivity index (χ3v) is 3.41. The lowest BCUT2D eigenvalue weighted by Gasteiger charge is -2.16. The van der Waals surface area contributed by atoms with Crippen molar-refractivity contribution in [1.29, 1.82) is 0 Å². The number of rotatable bonds is 5. The Kier molecular flexibility index (Phi) is 4.13. The molecule has 8 heteroatoms. The van der Waals surface area contributed by atoms with Crippen LogP contribution in [0.4, 0.5) is 5.82 Å². The summed E-state index contributed by atoms with van der Waals surface area (Å²) < 4.78 is 6.48. The molecule has 8 nitrogen and oxygen atoms in total. The van der Waals surface area contributed by atoms with Crippen LogP contribution in [0.1, 0.15) is 23.2 Å². The van der Waals surface area contributed by atoms with Gasteiger partial charge >= 0.3 is 0 Å². The number of amides is 1. The van der Waals surface area contributed by atoms with Crippen molar-refractivity contribution >= 4 is 11.7 Å². The van der Waals surface area contributed by atoms with Crippen LogP contribution in [0, 0.1) is 13.8 Å². The minimum Gasteiger partial charge on any atom is -0.360 e. The van der Waals surface area contributed by atoms with Gasteiger partial charge in [0.25, 0.3) is 5.91 Å². The van der Waals surface area contributed by atoms with Gasteiger partial charge in [-0.05, 0) is 29.8 Å². The number of carbonyl (C=O) groups excluding carboxylic acids is 1. The topological polar surface area (TPSA) is 98.7 Å². The lowest BCUT2D eigenvalue weighted by molar-refractivity contribution is -0.119. The van der Waals surface area contributed by atoms with E-state index in [0.717, 1.165) is 5.56 Å². The van der Waals surface area contributed by atoms with Crippen molar-refractivity contribution in [3.05, 3.63) is 53.5 Å². The zero-order valence-electron chi connectivity index (χ0n) is 12.8. The fourth-order valence-electron chi connectivity index (χ4n) is 2.29. The van der Waals surface area contributed by atoms with Crippen molar-refractivity contribution in [2.24, 2.45) is 0 Å². The van der Waals surface area contributed by atoms with Crippen molar-refractivity contribution in [3.63, 3.8) is 0 Å². The van der Waals surface area contributed by atoms with Crippen LogP contribution in [0.3, 0.4) is 0 Å². The molecular formula is C15H16N6O2. The standard InChI is InChI=1S/C15H16N6O2/c1-10-8-14(18-23-10)16-15(22)13(21-11(2)17-19-20-21)9-12-6-4-3-5-7-12/h3-8,13H,9H2,1-2H3,(H,16,18,22)/t13-/m0/s1. The third-order valence-electron chi connectivity index (χ3n) is 3.41. The molecule has 1 N–H and O–H groups in total. The zero-order chi connectivity index (χ0) is 16.2. The monoisotopic (exact) mass is 312 g/mol. The number of nitrogens with zero attached hydrogens (tertiary/aromatic N) is 5. The number of hydrogen-bond donors (Lipinski definition) is 1. The van der Waals surface area contributed by atoms with E-state index in [2.05, 4.69) is 26.0 Å². The molecule has 0 spiro atoms. The molecule has 2 heterocycles. The first kappa shape index (κ1) is 14.9. The SMILES string of the molecule is Cc1cc(NC(=O)[C@H](Cc2ccccc2)n2nnnc2C)no1. The molecule has 1 amide bonds. The highest BCUT2D eigenvalue weighted by Crippen LogP contribution is 2.17. The van der Waals surface area contributed by atoms with E-state index in [0.29, 0.717) is 23.8 Å². The first-order chi connectivity index (χ1) is 11.1. The summed E-state index contributed by atoms with van der Waals surface area (Å²) in [7, 11) is 0. The first-order valence-corrected chi connectivity index (χ1v) is 7.16. The molecule has 0 fully saturated rings. The number of benzene rings is 1. The molecule has 118 valence electrons. The Morgan fingerprint density at radius 2 is 2.09 bits per heavy atom. The van der Waals surface area contributed by atoms with Crippen LogP contribution in [0.2, 0.25) is 0 Å². The van der Waals surface area contributed by atoms with E-state index in [9.17, 15) is 4.79 Å². The number of tetrazole rings is 1. The van der Waals surface area contributed by atoms with Crippen LogP contribution in [0.5, 0.6) is 0 Å². The minimum atomic E-state index is -0.579. The molecule has 0 aliphatic heterocycles. The van der Waals surface area contributed by atoms with Crippen molar-refractivity contribution in [3.8, 4) is 0 Å². The molecule has 0 saturated heterocycles. The van der Waals surface area contributed by atoms with Gasteiger partial charge in [-0.25, -0.2) is 4.68 Å². The average molecular weight is 312 g/mol. The zero-order valence-corrected chi connectivity index (χ0v) is 12.8. The summed E-state index contributed by atoms with van der Waals surface area (Å²) >= 11 is 0. The second-order valence-corrected chi connectivity index (χ2v) is 5.19. The predicted octanol–water partition coefficient (Wildman–Crippen LogP) is 1.70. The van der Waals surface area contributed by atoms with E-state index in [1.165, 1.54) is 4.68 Å². The van der Waals surface area contributed by atoms with Gasteiger partial charge in [0.1, 0.15) is 17.6 Å². The van der Waals surface area contributed by atoms with Gasteiger partial charge in [0.15, 0.2) is 5.82 Å². The average Bonchev–Trinajstić information content (AvgIpc) is 3.14. The van der Waals surface area contributed by atoms with Crippen molar-refractivity contribution in [2.45, 2.75) is 26.3 Å². The fraction of sp³-hybridized carbons (Fsp3) is 0.267. The molecular weight excluding hydrogens is 296 g/mol. The smallest absolute Gasteiger partial charge is 0.250 e. The highest BCUT2D eigenvalue weighted by atomic mass is 16.5. The maximum absolute atomic E-state index is 12.7. The summed E-state index contributed by atoms with van der Waals surface area (Å²) in [4.78, 5) is 12.7. The molecule has 0 radical (unpaired) electrons. The maximum atomic E-state index is 12.7. The van der Waals surface area contributed by atoms with E-state index in [4.69, 9.17) is 4.52 Å². The van der Waals surface area contributed by atoms with Crippen molar-refractivity contribution in [2.75, 3.05) is 5.32 Å². The quantitative estimate of drug-likeness (QED) is 0.770. The molecule has 0 bridgehead atoms. The van der Waals surface area contributed by atoms with E-state index in [1.807, 2.05) is 30.3 Å². The Morgan fingerprint density at radius 3 is 2.70 bits per heavy atom. The molecule has 3 aromatic rings. The minimum absolute atomic E-state index is 0.252. The summed E-state index contributed by atoms with van der Waals surface area (Å²) in [5.41, 5.74) is 1.01. The Bertz CT molecular complexity index is 795. The highest BCUT2D eigenvalue weighted by Gasteiger charge is 2.25. The Morgan fingerprint density at radius 1 is 1.30 bits per heavy atom. The van der Waals surface area contributed by atoms with Crippen LogP contribution in [-0.4, -0.2) is 31.3 Å². The molecule has 2 aromatic heterocycles. The largest absolute Gasteiger partial charge is 0.360 e. The van der Waals surface area contributed by atoms with Gasteiger partial charge in [-0.15, -0.1) is 5.10 Å². The van der Waals surface area contributed by atoms with E-state index in [-0.39, 0.29) is 5.91 Å². The summed E-state index contributed by atoms with van der Waals surface area (Å²) in [5, 5.41) is 17.9. The number of nitrogens with one attached hydrogen (secondary N) is 1. The van der Waals surface area contributed by atoms with Crippen LogP contribution < -0.4 is 5.32 Å². The van der Waals surface area contributed by atoms with Crippen LogP contribution in [-0.2, 0) is 11.2 Å². The molecule has 23 heavy (non-hydrogen) atoms. The van der Waals surface area contributed by atoms with Crippen molar-refractivity contribution < 1.29 is 9.32 Å². The Hall–Kier alpha value is -3.03. The fourth-order valence-corrected chi connectivity index (χ4v) is 2.29. The highest BCUT2D eigenvalue weighted by molar-refractivity contribution is 5.93. The van der Waals surface area contributed by atoms with Gasteiger partial charge in [0.2, 0.25) is 0 Å². The van der Waals surface area contributed by atoms with Crippen LogP contribution >= 0.6 is 0 Å². The molecule has 0 aliphatic rings. The number of aromatic nitrogens is 5. The van der Waals surface area contributed by atoms with E-state index in [1.54, 1.807) is 19.9 Å². The second-order valence-electron chi connectivity index (χ2n) is 5.19. The summed E-state index contributed by atoms with van der Waals surface area (Å²) in [6.45, 7) is 3.51. The molecule has 0 saturated carbocycles.